The fourth-order valence-corrected chi connectivity index (χ4v) is 3.09. The van der Waals surface area contributed by atoms with Gasteiger partial charge in [-0.2, -0.15) is 0 Å². The Morgan fingerprint density at radius 2 is 1.96 bits per heavy atom. The van der Waals surface area contributed by atoms with E-state index in [1.165, 1.54) is 11.3 Å². The minimum absolute atomic E-state index is 0.131. The molecule has 5 nitrogen and oxygen atoms in total. The van der Waals surface area contributed by atoms with E-state index in [1.54, 1.807) is 13.0 Å². The van der Waals surface area contributed by atoms with E-state index in [-0.39, 0.29) is 18.4 Å². The quantitative estimate of drug-likeness (QED) is 0.825. The van der Waals surface area contributed by atoms with Crippen molar-refractivity contribution >= 4 is 33.9 Å². The molecule has 0 fully saturated rings. The van der Waals surface area contributed by atoms with Crippen molar-refractivity contribution in [2.45, 2.75) is 13.8 Å². The highest BCUT2D eigenvalue weighted by molar-refractivity contribution is 7.18. The number of hydrogen-bond donors (Lipinski definition) is 1. The lowest BCUT2D eigenvalue weighted by Crippen LogP contribution is -2.29. The molecule has 122 valence electrons. The molecule has 1 N–H and O–H groups in total. The van der Waals surface area contributed by atoms with E-state index in [0.29, 0.717) is 16.5 Å². The van der Waals surface area contributed by atoms with Crippen LogP contribution in [0.5, 0.6) is 0 Å². The zero-order valence-corrected chi connectivity index (χ0v) is 14.3. The summed E-state index contributed by atoms with van der Waals surface area (Å²) in [7, 11) is 1.86. The number of aryl methyl sites for hydroxylation is 1. The van der Waals surface area contributed by atoms with Crippen LogP contribution in [0, 0.1) is 6.92 Å². The van der Waals surface area contributed by atoms with Gasteiger partial charge < -0.3 is 15.0 Å². The topological polar surface area (TPSA) is 58.6 Å². The summed E-state index contributed by atoms with van der Waals surface area (Å²) in [6.45, 7) is 4.16. The summed E-state index contributed by atoms with van der Waals surface area (Å²) in [5.74, 6) is -0.482. The highest BCUT2D eigenvalue weighted by Gasteiger charge is 2.16. The Labute approximate surface area is 139 Å². The smallest absolute Gasteiger partial charge is 0.348 e. The van der Waals surface area contributed by atoms with Crippen molar-refractivity contribution in [1.29, 1.82) is 0 Å². The number of nitrogens with zero attached hydrogens (tertiary/aromatic N) is 1. The van der Waals surface area contributed by atoms with Gasteiger partial charge in [0, 0.05) is 12.7 Å². The van der Waals surface area contributed by atoms with Crippen molar-refractivity contribution in [3.05, 3.63) is 46.8 Å². The van der Waals surface area contributed by atoms with Gasteiger partial charge >= 0.3 is 5.97 Å². The normalized spacial score (nSPS) is 10.2. The average Bonchev–Trinajstić information content (AvgIpc) is 2.88. The molecule has 0 atom stereocenters. The van der Waals surface area contributed by atoms with Crippen molar-refractivity contribution in [2.75, 3.05) is 30.4 Å². The van der Waals surface area contributed by atoms with Crippen LogP contribution in [0.4, 0.5) is 10.7 Å². The number of nitrogens with one attached hydrogen (secondary N) is 1. The van der Waals surface area contributed by atoms with Crippen LogP contribution in [0.15, 0.2) is 36.4 Å². The van der Waals surface area contributed by atoms with E-state index in [0.717, 1.165) is 11.3 Å². The molecule has 0 spiro atoms. The first kappa shape index (κ1) is 17.0. The van der Waals surface area contributed by atoms with Crippen LogP contribution in [-0.2, 0) is 9.53 Å². The lowest BCUT2D eigenvalue weighted by atomic mass is 10.3. The molecule has 0 bridgehead atoms. The third-order valence-electron chi connectivity index (χ3n) is 3.22. The summed E-state index contributed by atoms with van der Waals surface area (Å²) in [5.41, 5.74) is 1.78. The SMILES string of the molecule is CCOC(=O)c1sc(NC(=O)CN(C)c2ccccc2)cc1C. The summed E-state index contributed by atoms with van der Waals surface area (Å²) < 4.78 is 5.00. The molecular formula is C17H20N2O3S. The molecule has 0 aliphatic heterocycles. The Bertz CT molecular complexity index is 682. The van der Waals surface area contributed by atoms with Crippen LogP contribution in [0.25, 0.3) is 0 Å². The number of amides is 1. The molecule has 0 saturated carbocycles. The number of rotatable bonds is 6. The fraction of sp³-hybridized carbons (Fsp3) is 0.294. The highest BCUT2D eigenvalue weighted by atomic mass is 32.1. The largest absolute Gasteiger partial charge is 0.462 e. The maximum Gasteiger partial charge on any atom is 0.348 e. The molecule has 2 aromatic rings. The number of likely N-dealkylation sites (N-methyl/N-ethyl adjacent to an activating group) is 1. The van der Waals surface area contributed by atoms with E-state index < -0.39 is 0 Å². The van der Waals surface area contributed by atoms with Gasteiger partial charge in [0.1, 0.15) is 4.88 Å². The molecule has 6 heteroatoms. The number of benzene rings is 1. The Morgan fingerprint density at radius 1 is 1.26 bits per heavy atom. The minimum Gasteiger partial charge on any atom is -0.462 e. The predicted octanol–water partition coefficient (Wildman–Crippen LogP) is 3.31. The first-order valence-electron chi connectivity index (χ1n) is 7.35. The zero-order valence-electron chi connectivity index (χ0n) is 13.5. The summed E-state index contributed by atoms with van der Waals surface area (Å²) in [6.07, 6.45) is 0. The second-order valence-electron chi connectivity index (χ2n) is 5.08. The molecule has 1 aromatic heterocycles. The van der Waals surface area contributed by atoms with Gasteiger partial charge in [-0.3, -0.25) is 4.79 Å². The molecular weight excluding hydrogens is 312 g/mol. The Morgan fingerprint density at radius 3 is 2.61 bits per heavy atom. The lowest BCUT2D eigenvalue weighted by Gasteiger charge is -2.18. The fourth-order valence-electron chi connectivity index (χ4n) is 2.11. The van der Waals surface area contributed by atoms with Gasteiger partial charge in [0.15, 0.2) is 0 Å². The zero-order chi connectivity index (χ0) is 16.8. The van der Waals surface area contributed by atoms with Crippen LogP contribution < -0.4 is 10.2 Å². The third-order valence-corrected chi connectivity index (χ3v) is 4.35. The van der Waals surface area contributed by atoms with E-state index in [4.69, 9.17) is 4.74 Å². The number of thiophene rings is 1. The van der Waals surface area contributed by atoms with Gasteiger partial charge in [-0.1, -0.05) is 18.2 Å². The third kappa shape index (κ3) is 4.56. The Balaban J connectivity index is 1.98. The van der Waals surface area contributed by atoms with Gasteiger partial charge in [-0.15, -0.1) is 11.3 Å². The van der Waals surface area contributed by atoms with Gasteiger partial charge in [-0.05, 0) is 37.6 Å². The van der Waals surface area contributed by atoms with E-state index in [1.807, 2.05) is 49.2 Å². The van der Waals surface area contributed by atoms with Crippen LogP contribution in [0.3, 0.4) is 0 Å². The molecule has 2 rings (SSSR count). The molecule has 1 aromatic carbocycles. The van der Waals surface area contributed by atoms with Crippen molar-refractivity contribution in [2.24, 2.45) is 0 Å². The molecule has 0 aliphatic rings. The first-order valence-corrected chi connectivity index (χ1v) is 8.16. The number of hydrogen-bond acceptors (Lipinski definition) is 5. The first-order chi connectivity index (χ1) is 11.0. The number of para-hydroxylation sites is 1. The van der Waals surface area contributed by atoms with Gasteiger partial charge in [0.25, 0.3) is 0 Å². The molecule has 0 saturated heterocycles. The van der Waals surface area contributed by atoms with E-state index in [2.05, 4.69) is 5.32 Å². The lowest BCUT2D eigenvalue weighted by molar-refractivity contribution is -0.114. The van der Waals surface area contributed by atoms with Crippen molar-refractivity contribution < 1.29 is 14.3 Å². The van der Waals surface area contributed by atoms with Gasteiger partial charge in [-0.25, -0.2) is 4.79 Å². The molecule has 0 unspecified atom stereocenters. The van der Waals surface area contributed by atoms with Gasteiger partial charge in [0.2, 0.25) is 5.91 Å². The number of carbonyl (C=O) groups is 2. The molecule has 1 amide bonds. The van der Waals surface area contributed by atoms with Crippen molar-refractivity contribution in [3.8, 4) is 0 Å². The summed E-state index contributed by atoms with van der Waals surface area (Å²) in [6, 6.07) is 11.5. The standard InChI is InChI=1S/C17H20N2O3S/c1-4-22-17(21)16-12(2)10-15(23-16)18-14(20)11-19(3)13-8-6-5-7-9-13/h5-10H,4,11H2,1-3H3,(H,18,20). The summed E-state index contributed by atoms with van der Waals surface area (Å²) in [4.78, 5) is 26.3. The minimum atomic E-state index is -0.350. The Hall–Kier alpha value is -2.34. The second-order valence-corrected chi connectivity index (χ2v) is 6.14. The van der Waals surface area contributed by atoms with Gasteiger partial charge in [0.05, 0.1) is 18.2 Å². The summed E-state index contributed by atoms with van der Waals surface area (Å²) >= 11 is 1.23. The predicted molar refractivity (Wildman–Crippen MR) is 93.4 cm³/mol. The number of esters is 1. The monoisotopic (exact) mass is 332 g/mol. The maximum atomic E-state index is 12.2. The van der Waals surface area contributed by atoms with Crippen LogP contribution in [0.2, 0.25) is 0 Å². The molecule has 23 heavy (non-hydrogen) atoms. The van der Waals surface area contributed by atoms with Crippen LogP contribution >= 0.6 is 11.3 Å². The maximum absolute atomic E-state index is 12.2. The molecule has 1 heterocycles. The molecule has 0 aliphatic carbocycles. The van der Waals surface area contributed by atoms with Crippen LogP contribution in [-0.4, -0.2) is 32.1 Å². The number of anilines is 2. The van der Waals surface area contributed by atoms with E-state index >= 15 is 0 Å². The molecule has 0 radical (unpaired) electrons. The number of ether oxygens (including phenoxy) is 1. The van der Waals surface area contributed by atoms with Crippen LogP contribution in [0.1, 0.15) is 22.2 Å². The average molecular weight is 332 g/mol. The van der Waals surface area contributed by atoms with Crippen molar-refractivity contribution in [1.82, 2.24) is 0 Å². The van der Waals surface area contributed by atoms with E-state index in [9.17, 15) is 9.59 Å². The highest BCUT2D eigenvalue weighted by Crippen LogP contribution is 2.27. The summed E-state index contributed by atoms with van der Waals surface area (Å²) in [5, 5.41) is 3.48. The number of carbonyl (C=O) groups excluding carboxylic acids is 2. The van der Waals surface area contributed by atoms with Crippen molar-refractivity contribution in [3.63, 3.8) is 0 Å². The second kappa shape index (κ2) is 7.78. The Kier molecular flexibility index (Phi) is 5.76.